The summed E-state index contributed by atoms with van der Waals surface area (Å²) < 4.78 is 28.7. The highest BCUT2D eigenvalue weighted by Gasteiger charge is 2.38. The molecule has 0 spiro atoms. The molecule has 0 radical (unpaired) electrons. The molecule has 38 heavy (non-hydrogen) atoms. The second kappa shape index (κ2) is 11.9. The molecule has 0 saturated heterocycles. The van der Waals surface area contributed by atoms with Gasteiger partial charge < -0.3 is 14.8 Å². The average Bonchev–Trinajstić information content (AvgIpc) is 3.31. The predicted molar refractivity (Wildman–Crippen MR) is 149 cm³/mol. The van der Waals surface area contributed by atoms with Crippen molar-refractivity contribution in [1.82, 2.24) is 14.8 Å². The van der Waals surface area contributed by atoms with Crippen LogP contribution in [0.5, 0.6) is 5.75 Å². The van der Waals surface area contributed by atoms with Gasteiger partial charge >= 0.3 is 5.97 Å². The van der Waals surface area contributed by atoms with Gasteiger partial charge in [0.1, 0.15) is 23.7 Å². The number of nitrogens with one attached hydrogen (secondary N) is 1. The maximum atomic E-state index is 14.2. The molecule has 1 aromatic heterocycles. The molecule has 2 aromatic carbocycles. The standard InChI is InChI=1S/C28H30BrFN4O3S/c1-3-36-23-14-13-19(29)15-21(23)25-24(26(35)37-20-10-5-4-6-11-20)17(2)31-27-32-28(33-34(25)27)38-16-18-9-7-8-12-22(18)30/h7-9,12-15,20,25H,3-6,10-11,16H2,1-2H3,(H,31,32,33). The van der Waals surface area contributed by atoms with E-state index in [1.54, 1.807) is 16.8 Å². The van der Waals surface area contributed by atoms with Gasteiger partial charge in [0.15, 0.2) is 0 Å². The van der Waals surface area contributed by atoms with E-state index in [1.165, 1.54) is 24.2 Å². The van der Waals surface area contributed by atoms with Crippen LogP contribution in [0.4, 0.5) is 10.3 Å². The van der Waals surface area contributed by atoms with Gasteiger partial charge in [0.25, 0.3) is 0 Å². The van der Waals surface area contributed by atoms with Crippen molar-refractivity contribution < 1.29 is 18.7 Å². The summed E-state index contributed by atoms with van der Waals surface area (Å²) in [6, 6.07) is 11.8. The highest BCUT2D eigenvalue weighted by molar-refractivity contribution is 9.10. The Morgan fingerprint density at radius 1 is 1.21 bits per heavy atom. The average molecular weight is 602 g/mol. The van der Waals surface area contributed by atoms with Crippen molar-refractivity contribution in [2.24, 2.45) is 0 Å². The zero-order chi connectivity index (χ0) is 26.6. The molecule has 1 saturated carbocycles. The number of rotatable bonds is 8. The summed E-state index contributed by atoms with van der Waals surface area (Å²) >= 11 is 4.92. The Morgan fingerprint density at radius 2 is 2.00 bits per heavy atom. The van der Waals surface area contributed by atoms with E-state index >= 15 is 0 Å². The summed E-state index contributed by atoms with van der Waals surface area (Å²) in [5, 5.41) is 8.50. The third-order valence-electron chi connectivity index (χ3n) is 6.76. The normalized spacial score (nSPS) is 17.6. The quantitative estimate of drug-likeness (QED) is 0.219. The van der Waals surface area contributed by atoms with Crippen LogP contribution in [0.2, 0.25) is 0 Å². The molecule has 5 rings (SSSR count). The predicted octanol–water partition coefficient (Wildman–Crippen LogP) is 7.04. The van der Waals surface area contributed by atoms with Gasteiger partial charge in [-0.25, -0.2) is 13.9 Å². The Bertz CT molecular complexity index is 1360. The molecule has 3 aromatic rings. The smallest absolute Gasteiger partial charge is 0.338 e. The fourth-order valence-corrected chi connectivity index (χ4v) is 6.11. The number of fused-ring (bicyclic) bond motifs is 1. The van der Waals surface area contributed by atoms with Gasteiger partial charge in [-0.2, -0.15) is 4.98 Å². The van der Waals surface area contributed by atoms with E-state index in [0.29, 0.717) is 46.0 Å². The Morgan fingerprint density at radius 3 is 2.76 bits per heavy atom. The Kier molecular flexibility index (Phi) is 8.38. The molecule has 0 amide bonds. The number of esters is 1. The number of allylic oxidation sites excluding steroid dienone is 1. The number of anilines is 1. The minimum Gasteiger partial charge on any atom is -0.494 e. The number of carbonyl (C=O) groups excluding carboxylic acids is 1. The first-order valence-corrected chi connectivity index (χ1v) is 14.7. The fourth-order valence-electron chi connectivity index (χ4n) is 4.92. The lowest BCUT2D eigenvalue weighted by Crippen LogP contribution is -2.32. The number of thioether (sulfide) groups is 1. The summed E-state index contributed by atoms with van der Waals surface area (Å²) in [4.78, 5) is 18.4. The molecule has 2 heterocycles. The SMILES string of the molecule is CCOc1ccc(Br)cc1C1C(C(=O)OC2CCCCC2)=C(C)Nc2nc(SCc3ccccc3F)nn21. The topological polar surface area (TPSA) is 78.3 Å². The molecule has 1 unspecified atom stereocenters. The maximum absolute atomic E-state index is 14.2. The number of ether oxygens (including phenoxy) is 2. The third kappa shape index (κ3) is 5.76. The van der Waals surface area contributed by atoms with Crippen LogP contribution in [-0.4, -0.2) is 33.4 Å². The van der Waals surface area contributed by atoms with E-state index in [1.807, 2.05) is 38.1 Å². The van der Waals surface area contributed by atoms with E-state index in [9.17, 15) is 9.18 Å². The molecule has 1 atom stereocenters. The number of aromatic nitrogens is 3. The van der Waals surface area contributed by atoms with Gasteiger partial charge in [-0.05, 0) is 69.4 Å². The lowest BCUT2D eigenvalue weighted by atomic mass is 9.94. The van der Waals surface area contributed by atoms with Crippen molar-refractivity contribution in [2.75, 3.05) is 11.9 Å². The zero-order valence-corrected chi connectivity index (χ0v) is 23.8. The molecule has 0 bridgehead atoms. The number of hydrogen-bond acceptors (Lipinski definition) is 7. The first kappa shape index (κ1) is 26.7. The lowest BCUT2D eigenvalue weighted by Gasteiger charge is -2.31. The Balaban J connectivity index is 1.52. The molecule has 7 nitrogen and oxygen atoms in total. The van der Waals surface area contributed by atoms with Crippen molar-refractivity contribution >= 4 is 39.6 Å². The van der Waals surface area contributed by atoms with Gasteiger partial charge in [-0.15, -0.1) is 5.10 Å². The van der Waals surface area contributed by atoms with Crippen molar-refractivity contribution in [1.29, 1.82) is 0 Å². The number of halogens is 2. The van der Waals surface area contributed by atoms with Gasteiger partial charge in [-0.1, -0.05) is 52.3 Å². The van der Waals surface area contributed by atoms with Crippen molar-refractivity contribution in [3.8, 4) is 5.75 Å². The van der Waals surface area contributed by atoms with Gasteiger partial charge in [-0.3, -0.25) is 0 Å². The van der Waals surface area contributed by atoms with Gasteiger partial charge in [0.2, 0.25) is 11.1 Å². The van der Waals surface area contributed by atoms with Crippen LogP contribution in [0.25, 0.3) is 0 Å². The maximum Gasteiger partial charge on any atom is 0.338 e. The second-order valence-corrected chi connectivity index (χ2v) is 11.2. The molecule has 1 N–H and O–H groups in total. The molecule has 10 heteroatoms. The monoisotopic (exact) mass is 600 g/mol. The van der Waals surface area contributed by atoms with Gasteiger partial charge in [0, 0.05) is 21.5 Å². The largest absolute Gasteiger partial charge is 0.494 e. The first-order chi connectivity index (χ1) is 18.4. The number of carbonyl (C=O) groups is 1. The minimum absolute atomic E-state index is 0.0879. The summed E-state index contributed by atoms with van der Waals surface area (Å²) in [6.45, 7) is 4.25. The lowest BCUT2D eigenvalue weighted by molar-refractivity contribution is -0.146. The van der Waals surface area contributed by atoms with Crippen molar-refractivity contribution in [2.45, 2.75) is 69.0 Å². The zero-order valence-electron chi connectivity index (χ0n) is 21.4. The summed E-state index contributed by atoms with van der Waals surface area (Å²) in [5.41, 5.74) is 2.47. The molecule has 1 aliphatic carbocycles. The first-order valence-electron chi connectivity index (χ1n) is 12.9. The van der Waals surface area contributed by atoms with E-state index < -0.39 is 6.04 Å². The van der Waals surface area contributed by atoms with E-state index in [2.05, 4.69) is 26.2 Å². The van der Waals surface area contributed by atoms with Crippen LogP contribution in [0.15, 0.2) is 63.4 Å². The van der Waals surface area contributed by atoms with E-state index in [4.69, 9.17) is 14.6 Å². The van der Waals surface area contributed by atoms with Crippen LogP contribution in [0.3, 0.4) is 0 Å². The van der Waals surface area contributed by atoms with Crippen LogP contribution in [-0.2, 0) is 15.3 Å². The van der Waals surface area contributed by atoms with Crippen LogP contribution < -0.4 is 10.1 Å². The highest BCUT2D eigenvalue weighted by Crippen LogP contribution is 2.42. The van der Waals surface area contributed by atoms with E-state index in [-0.39, 0.29) is 17.9 Å². The number of nitrogens with zero attached hydrogens (tertiary/aromatic N) is 3. The number of hydrogen-bond donors (Lipinski definition) is 1. The summed E-state index contributed by atoms with van der Waals surface area (Å²) in [5.74, 6) is 0.905. The molecule has 2 aliphatic rings. The second-order valence-electron chi connectivity index (χ2n) is 9.39. The molecule has 1 aliphatic heterocycles. The van der Waals surface area contributed by atoms with Crippen LogP contribution >= 0.6 is 27.7 Å². The highest BCUT2D eigenvalue weighted by atomic mass is 79.9. The fraction of sp³-hybridized carbons (Fsp3) is 0.393. The van der Waals surface area contributed by atoms with Crippen LogP contribution in [0, 0.1) is 5.82 Å². The van der Waals surface area contributed by atoms with E-state index in [0.717, 1.165) is 35.7 Å². The molecular formula is C28H30BrFN4O3S. The van der Waals surface area contributed by atoms with Gasteiger partial charge in [0.05, 0.1) is 12.2 Å². The van der Waals surface area contributed by atoms with Crippen LogP contribution in [0.1, 0.15) is 63.1 Å². The summed E-state index contributed by atoms with van der Waals surface area (Å²) in [6.07, 6.45) is 4.97. The number of benzene rings is 2. The Labute approximate surface area is 234 Å². The minimum atomic E-state index is -0.614. The molecular weight excluding hydrogens is 571 g/mol. The van der Waals surface area contributed by atoms with Crippen molar-refractivity contribution in [3.05, 3.63) is 75.2 Å². The van der Waals surface area contributed by atoms with Crippen molar-refractivity contribution in [3.63, 3.8) is 0 Å². The Hall–Kier alpha value is -2.85. The third-order valence-corrected chi connectivity index (χ3v) is 8.14. The molecule has 200 valence electrons. The molecule has 1 fully saturated rings. The summed E-state index contributed by atoms with van der Waals surface area (Å²) in [7, 11) is 0.